The first-order valence-corrected chi connectivity index (χ1v) is 9.36. The standard InChI is InChI=1S/C19H27ClN2O/c20-17-7-5-16(6-8-17)19(15-2-1-3-15)22-18(23)9-4-14-10-12-21-13-11-14/h5-8,14-15,19,21H,1-4,9-13H2,(H,22,23). The minimum Gasteiger partial charge on any atom is -0.349 e. The second kappa shape index (κ2) is 8.16. The van der Waals surface area contributed by atoms with Gasteiger partial charge < -0.3 is 10.6 Å². The summed E-state index contributed by atoms with van der Waals surface area (Å²) in [6.45, 7) is 2.20. The molecule has 1 aromatic carbocycles. The molecule has 0 bridgehead atoms. The van der Waals surface area contributed by atoms with Crippen molar-refractivity contribution in [3.63, 3.8) is 0 Å². The van der Waals surface area contributed by atoms with Gasteiger partial charge in [-0.3, -0.25) is 4.79 Å². The zero-order valence-electron chi connectivity index (χ0n) is 13.7. The van der Waals surface area contributed by atoms with E-state index in [0.717, 1.165) is 24.5 Å². The molecule has 1 heterocycles. The molecule has 1 saturated heterocycles. The van der Waals surface area contributed by atoms with Crippen molar-refractivity contribution in [2.24, 2.45) is 11.8 Å². The third-order valence-corrected chi connectivity index (χ3v) is 5.66. The van der Waals surface area contributed by atoms with Gasteiger partial charge in [0.1, 0.15) is 0 Å². The van der Waals surface area contributed by atoms with Gasteiger partial charge >= 0.3 is 0 Å². The minimum absolute atomic E-state index is 0.154. The highest BCUT2D eigenvalue weighted by molar-refractivity contribution is 6.30. The third-order valence-electron chi connectivity index (χ3n) is 5.41. The van der Waals surface area contributed by atoms with Crippen LogP contribution in [0.4, 0.5) is 0 Å². The van der Waals surface area contributed by atoms with Gasteiger partial charge in [0, 0.05) is 11.4 Å². The van der Waals surface area contributed by atoms with Crippen LogP contribution in [0, 0.1) is 11.8 Å². The molecule has 2 fully saturated rings. The summed E-state index contributed by atoms with van der Waals surface area (Å²) < 4.78 is 0. The average Bonchev–Trinajstić information content (AvgIpc) is 2.52. The van der Waals surface area contributed by atoms with E-state index >= 15 is 0 Å². The third kappa shape index (κ3) is 4.71. The van der Waals surface area contributed by atoms with Gasteiger partial charge in [0.15, 0.2) is 0 Å². The van der Waals surface area contributed by atoms with E-state index in [1.807, 2.05) is 12.1 Å². The summed E-state index contributed by atoms with van der Waals surface area (Å²) in [5.41, 5.74) is 1.19. The van der Waals surface area contributed by atoms with Crippen molar-refractivity contribution in [3.05, 3.63) is 34.9 Å². The second-order valence-corrected chi connectivity index (χ2v) is 7.46. The molecule has 0 radical (unpaired) electrons. The van der Waals surface area contributed by atoms with Gasteiger partial charge in [-0.15, -0.1) is 0 Å². The molecule has 4 heteroatoms. The van der Waals surface area contributed by atoms with Crippen LogP contribution in [-0.2, 0) is 4.79 Å². The molecule has 1 amide bonds. The molecule has 0 aromatic heterocycles. The smallest absolute Gasteiger partial charge is 0.220 e. The Morgan fingerprint density at radius 2 is 1.87 bits per heavy atom. The lowest BCUT2D eigenvalue weighted by Gasteiger charge is -2.35. The molecule has 23 heavy (non-hydrogen) atoms. The van der Waals surface area contributed by atoms with Crippen molar-refractivity contribution >= 4 is 17.5 Å². The van der Waals surface area contributed by atoms with E-state index in [9.17, 15) is 4.79 Å². The number of nitrogens with one attached hydrogen (secondary N) is 2. The first kappa shape index (κ1) is 16.8. The lowest BCUT2D eigenvalue weighted by atomic mass is 9.77. The van der Waals surface area contributed by atoms with Gasteiger partial charge in [0.05, 0.1) is 6.04 Å². The maximum Gasteiger partial charge on any atom is 0.220 e. The maximum absolute atomic E-state index is 12.4. The van der Waals surface area contributed by atoms with E-state index in [1.165, 1.54) is 37.7 Å². The van der Waals surface area contributed by atoms with Gasteiger partial charge in [-0.05, 0) is 74.7 Å². The number of carbonyl (C=O) groups is 1. The lowest BCUT2D eigenvalue weighted by molar-refractivity contribution is -0.122. The molecule has 2 aliphatic rings. The lowest BCUT2D eigenvalue weighted by Crippen LogP contribution is -2.36. The Labute approximate surface area is 144 Å². The molecule has 1 aliphatic heterocycles. The number of amides is 1. The summed E-state index contributed by atoms with van der Waals surface area (Å²) in [4.78, 5) is 12.4. The van der Waals surface area contributed by atoms with Crippen LogP contribution in [-0.4, -0.2) is 19.0 Å². The second-order valence-electron chi connectivity index (χ2n) is 7.02. The van der Waals surface area contributed by atoms with Gasteiger partial charge in [-0.2, -0.15) is 0 Å². The zero-order valence-corrected chi connectivity index (χ0v) is 14.4. The molecule has 1 aliphatic carbocycles. The quantitative estimate of drug-likeness (QED) is 0.823. The first-order chi connectivity index (χ1) is 11.2. The predicted octanol–water partition coefficient (Wildman–Crippen LogP) is 4.08. The van der Waals surface area contributed by atoms with Crippen LogP contribution >= 0.6 is 11.6 Å². The van der Waals surface area contributed by atoms with Crippen molar-refractivity contribution in [3.8, 4) is 0 Å². The number of rotatable bonds is 6. The molecule has 1 saturated carbocycles. The highest BCUT2D eigenvalue weighted by Gasteiger charge is 2.29. The summed E-state index contributed by atoms with van der Waals surface area (Å²) in [5, 5.41) is 7.42. The van der Waals surface area contributed by atoms with Crippen molar-refractivity contribution in [2.45, 2.75) is 51.0 Å². The molecule has 0 spiro atoms. The summed E-state index contributed by atoms with van der Waals surface area (Å²) in [7, 11) is 0. The molecule has 3 rings (SSSR count). The number of carbonyl (C=O) groups excluding carboxylic acids is 1. The van der Waals surface area contributed by atoms with Gasteiger partial charge in [0.25, 0.3) is 0 Å². The van der Waals surface area contributed by atoms with E-state index in [0.29, 0.717) is 18.3 Å². The van der Waals surface area contributed by atoms with Crippen molar-refractivity contribution in [1.29, 1.82) is 0 Å². The van der Waals surface area contributed by atoms with E-state index in [1.54, 1.807) is 0 Å². The number of hydrogen-bond acceptors (Lipinski definition) is 2. The van der Waals surface area contributed by atoms with Crippen molar-refractivity contribution in [2.75, 3.05) is 13.1 Å². The van der Waals surface area contributed by atoms with Crippen LogP contribution < -0.4 is 10.6 Å². The minimum atomic E-state index is 0.154. The number of benzene rings is 1. The fourth-order valence-corrected chi connectivity index (χ4v) is 3.79. The van der Waals surface area contributed by atoms with Crippen LogP contribution in [0.3, 0.4) is 0 Å². The molecule has 2 N–H and O–H groups in total. The molecular weight excluding hydrogens is 308 g/mol. The number of hydrogen-bond donors (Lipinski definition) is 2. The van der Waals surface area contributed by atoms with Crippen molar-refractivity contribution < 1.29 is 4.79 Å². The fraction of sp³-hybridized carbons (Fsp3) is 0.632. The molecule has 1 unspecified atom stereocenters. The van der Waals surface area contributed by atoms with Crippen LogP contribution in [0.5, 0.6) is 0 Å². The predicted molar refractivity (Wildman–Crippen MR) is 94.5 cm³/mol. The summed E-state index contributed by atoms with van der Waals surface area (Å²) >= 11 is 5.99. The monoisotopic (exact) mass is 334 g/mol. The highest BCUT2D eigenvalue weighted by Crippen LogP contribution is 2.38. The summed E-state index contributed by atoms with van der Waals surface area (Å²) in [5.74, 6) is 1.49. The maximum atomic E-state index is 12.4. The van der Waals surface area contributed by atoms with E-state index in [-0.39, 0.29) is 11.9 Å². The normalized spacial score (nSPS) is 20.7. The fourth-order valence-electron chi connectivity index (χ4n) is 3.67. The first-order valence-electron chi connectivity index (χ1n) is 8.98. The average molecular weight is 335 g/mol. The number of piperidine rings is 1. The van der Waals surface area contributed by atoms with E-state index in [4.69, 9.17) is 11.6 Å². The largest absolute Gasteiger partial charge is 0.349 e. The number of halogens is 1. The molecular formula is C19H27ClN2O. The van der Waals surface area contributed by atoms with Gasteiger partial charge in [-0.25, -0.2) is 0 Å². The summed E-state index contributed by atoms with van der Waals surface area (Å²) in [6, 6.07) is 8.10. The Kier molecular flexibility index (Phi) is 5.96. The molecule has 126 valence electrons. The van der Waals surface area contributed by atoms with E-state index in [2.05, 4.69) is 22.8 Å². The Morgan fingerprint density at radius 1 is 1.17 bits per heavy atom. The molecule has 1 aromatic rings. The van der Waals surface area contributed by atoms with Gasteiger partial charge in [0.2, 0.25) is 5.91 Å². The Bertz CT molecular complexity index is 507. The van der Waals surface area contributed by atoms with Crippen LogP contribution in [0.2, 0.25) is 5.02 Å². The van der Waals surface area contributed by atoms with Crippen LogP contribution in [0.25, 0.3) is 0 Å². The Hall–Kier alpha value is -1.06. The topological polar surface area (TPSA) is 41.1 Å². The highest BCUT2D eigenvalue weighted by atomic mass is 35.5. The molecule has 3 nitrogen and oxygen atoms in total. The zero-order chi connectivity index (χ0) is 16.1. The summed E-state index contributed by atoms with van der Waals surface area (Å²) in [6.07, 6.45) is 7.78. The van der Waals surface area contributed by atoms with E-state index < -0.39 is 0 Å². The Morgan fingerprint density at radius 3 is 2.48 bits per heavy atom. The van der Waals surface area contributed by atoms with Gasteiger partial charge in [-0.1, -0.05) is 30.2 Å². The molecule has 1 atom stereocenters. The van der Waals surface area contributed by atoms with Crippen LogP contribution in [0.15, 0.2) is 24.3 Å². The van der Waals surface area contributed by atoms with Crippen molar-refractivity contribution in [1.82, 2.24) is 10.6 Å². The Balaban J connectivity index is 1.55. The van der Waals surface area contributed by atoms with Crippen LogP contribution in [0.1, 0.15) is 56.6 Å². The SMILES string of the molecule is O=C(CCC1CCNCC1)NC(c1ccc(Cl)cc1)C1CCC1.